The van der Waals surface area contributed by atoms with Crippen LogP contribution in [0.5, 0.6) is 5.75 Å². The minimum Gasteiger partial charge on any atom is -0.484 e. The number of hydrogen-bond acceptors (Lipinski definition) is 7. The molecule has 2 aliphatic heterocycles. The van der Waals surface area contributed by atoms with Gasteiger partial charge in [-0.2, -0.15) is 13.2 Å². The first kappa shape index (κ1) is 33.5. The van der Waals surface area contributed by atoms with Crippen LogP contribution < -0.4 is 9.64 Å². The largest absolute Gasteiger partial charge is 0.484 e. The fourth-order valence-electron chi connectivity index (χ4n) is 6.14. The molecule has 7 nitrogen and oxygen atoms in total. The molecule has 2 aromatic carbocycles. The van der Waals surface area contributed by atoms with Crippen LogP contribution in [-0.4, -0.2) is 73.5 Å². The molecule has 0 unspecified atom stereocenters. The van der Waals surface area contributed by atoms with E-state index >= 15 is 0 Å². The lowest BCUT2D eigenvalue weighted by molar-refractivity contribution is -0.153. The predicted octanol–water partition coefficient (Wildman–Crippen LogP) is 6.89. The second-order valence-corrected chi connectivity index (χ2v) is 15.0. The number of anilines is 1. The maximum absolute atomic E-state index is 13.2. The Morgan fingerprint density at radius 3 is 2.38 bits per heavy atom. The number of sulfone groups is 1. The molecule has 0 radical (unpaired) electrons. The molecule has 0 saturated carbocycles. The summed E-state index contributed by atoms with van der Waals surface area (Å²) in [6.07, 6.45) is 3.03. The summed E-state index contributed by atoms with van der Waals surface area (Å²) in [5.41, 5.74) is 2.33. The van der Waals surface area contributed by atoms with E-state index in [0.29, 0.717) is 28.7 Å². The smallest absolute Gasteiger partial charge is 0.422 e. The van der Waals surface area contributed by atoms with Crippen molar-refractivity contribution in [3.05, 3.63) is 76.3 Å². The molecule has 45 heavy (non-hydrogen) atoms. The van der Waals surface area contributed by atoms with E-state index < -0.39 is 27.9 Å². The molecule has 2 fully saturated rings. The molecule has 5 rings (SSSR count). The van der Waals surface area contributed by atoms with Gasteiger partial charge in [-0.15, -0.1) is 0 Å². The SMILES string of the molecule is CC(C)S(=O)(=O)c1ccccc1Cc1nc(Cc2ccc(N3CCC(N4CCCCC4)CC3)cc2OCC(F)(F)F)ncc1Cl. The second kappa shape index (κ2) is 14.3. The average molecular weight is 665 g/mol. The predicted molar refractivity (Wildman–Crippen MR) is 170 cm³/mol. The number of alkyl halides is 3. The number of ether oxygens (including phenoxy) is 1. The van der Waals surface area contributed by atoms with E-state index in [1.807, 2.05) is 6.07 Å². The molecule has 0 aliphatic carbocycles. The lowest BCUT2D eigenvalue weighted by Crippen LogP contribution is -2.46. The topological polar surface area (TPSA) is 75.6 Å². The number of rotatable bonds is 10. The van der Waals surface area contributed by atoms with Crippen molar-refractivity contribution in [2.45, 2.75) is 81.2 Å². The zero-order chi connectivity index (χ0) is 32.2. The van der Waals surface area contributed by atoms with Gasteiger partial charge in [0, 0.05) is 55.5 Å². The summed E-state index contributed by atoms with van der Waals surface area (Å²) in [6, 6.07) is 12.7. The monoisotopic (exact) mass is 664 g/mol. The Hall–Kier alpha value is -2.89. The van der Waals surface area contributed by atoms with Crippen molar-refractivity contribution >= 4 is 27.1 Å². The van der Waals surface area contributed by atoms with Crippen LogP contribution in [0.3, 0.4) is 0 Å². The molecule has 2 saturated heterocycles. The summed E-state index contributed by atoms with van der Waals surface area (Å²) in [5, 5.41) is -0.332. The van der Waals surface area contributed by atoms with Crippen LogP contribution in [0, 0.1) is 0 Å². The van der Waals surface area contributed by atoms with Gasteiger partial charge in [0.25, 0.3) is 0 Å². The molecule has 0 spiro atoms. The third-order valence-corrected chi connectivity index (χ3v) is 11.2. The summed E-state index contributed by atoms with van der Waals surface area (Å²) in [5.74, 6) is 0.474. The Labute approximate surface area is 268 Å². The van der Waals surface area contributed by atoms with Crippen molar-refractivity contribution in [1.82, 2.24) is 14.9 Å². The molecular formula is C33H40ClF3N4O3S. The van der Waals surface area contributed by atoms with Crippen LogP contribution in [-0.2, 0) is 22.7 Å². The molecule has 0 bridgehead atoms. The minimum atomic E-state index is -4.49. The molecule has 0 N–H and O–H groups in total. The molecule has 0 amide bonds. The molecule has 244 valence electrons. The maximum Gasteiger partial charge on any atom is 0.422 e. The van der Waals surface area contributed by atoms with E-state index in [4.69, 9.17) is 16.3 Å². The van der Waals surface area contributed by atoms with Crippen LogP contribution >= 0.6 is 11.6 Å². The summed E-state index contributed by atoms with van der Waals surface area (Å²) in [6.45, 7) is 5.80. The highest BCUT2D eigenvalue weighted by Gasteiger charge is 2.30. The Bertz CT molecular complexity index is 1570. The highest BCUT2D eigenvalue weighted by Crippen LogP contribution is 2.32. The van der Waals surface area contributed by atoms with Gasteiger partial charge in [0.2, 0.25) is 0 Å². The van der Waals surface area contributed by atoms with Crippen LogP contribution in [0.4, 0.5) is 18.9 Å². The first-order valence-corrected chi connectivity index (χ1v) is 17.5. The zero-order valence-electron chi connectivity index (χ0n) is 25.7. The molecule has 3 aromatic rings. The molecule has 12 heteroatoms. The van der Waals surface area contributed by atoms with E-state index in [-0.39, 0.29) is 28.5 Å². The highest BCUT2D eigenvalue weighted by atomic mass is 35.5. The Kier molecular flexibility index (Phi) is 10.6. The summed E-state index contributed by atoms with van der Waals surface area (Å²) in [4.78, 5) is 14.0. The van der Waals surface area contributed by atoms with Crippen LogP contribution in [0.15, 0.2) is 53.6 Å². The van der Waals surface area contributed by atoms with Crippen LogP contribution in [0.25, 0.3) is 0 Å². The van der Waals surface area contributed by atoms with Crippen molar-refractivity contribution < 1.29 is 26.3 Å². The van der Waals surface area contributed by atoms with Gasteiger partial charge >= 0.3 is 6.18 Å². The van der Waals surface area contributed by atoms with Gasteiger partial charge in [-0.3, -0.25) is 0 Å². The fraction of sp³-hybridized carbons (Fsp3) is 0.515. The number of likely N-dealkylation sites (tertiary alicyclic amines) is 1. The van der Waals surface area contributed by atoms with E-state index in [1.54, 1.807) is 50.2 Å². The van der Waals surface area contributed by atoms with Gasteiger partial charge < -0.3 is 14.5 Å². The third-order valence-electron chi connectivity index (χ3n) is 8.65. The molecule has 1 aromatic heterocycles. The van der Waals surface area contributed by atoms with Crippen molar-refractivity contribution in [2.75, 3.05) is 37.7 Å². The van der Waals surface area contributed by atoms with Gasteiger partial charge in [-0.1, -0.05) is 42.3 Å². The van der Waals surface area contributed by atoms with E-state index in [0.717, 1.165) is 44.7 Å². The Morgan fingerprint density at radius 1 is 0.978 bits per heavy atom. The summed E-state index contributed by atoms with van der Waals surface area (Å²) >= 11 is 6.44. The summed E-state index contributed by atoms with van der Waals surface area (Å²) < 4.78 is 71.0. The van der Waals surface area contributed by atoms with Crippen molar-refractivity contribution in [3.63, 3.8) is 0 Å². The number of benzene rings is 2. The molecule has 3 heterocycles. The lowest BCUT2D eigenvalue weighted by Gasteiger charge is -2.41. The standard InChI is InChI=1S/C33H40ClF3N4O3S/c1-23(2)45(42,43)31-9-5-4-8-25(31)18-29-28(34)21-38-32(39-29)19-24-10-11-27(20-30(24)44-22-33(35,36)37)41-16-12-26(13-17-41)40-14-6-3-7-15-40/h4-5,8-11,20-21,23,26H,3,6-7,12-19,22H2,1-2H3. The van der Waals surface area contributed by atoms with Crippen molar-refractivity contribution in [2.24, 2.45) is 0 Å². The second-order valence-electron chi connectivity index (χ2n) is 12.1. The first-order chi connectivity index (χ1) is 21.4. The number of aromatic nitrogens is 2. The fourth-order valence-corrected chi connectivity index (χ4v) is 7.58. The van der Waals surface area contributed by atoms with E-state index in [2.05, 4.69) is 19.8 Å². The molecule has 0 atom stereocenters. The van der Waals surface area contributed by atoms with Gasteiger partial charge in [0.15, 0.2) is 16.4 Å². The van der Waals surface area contributed by atoms with E-state index in [1.165, 1.54) is 25.5 Å². The number of halogens is 4. The van der Waals surface area contributed by atoms with Gasteiger partial charge in [0.05, 0.1) is 20.9 Å². The lowest BCUT2D eigenvalue weighted by atomic mass is 9.99. The van der Waals surface area contributed by atoms with Crippen molar-refractivity contribution in [3.8, 4) is 5.75 Å². The first-order valence-electron chi connectivity index (χ1n) is 15.5. The number of hydrogen-bond donors (Lipinski definition) is 0. The van der Waals surface area contributed by atoms with Crippen molar-refractivity contribution in [1.29, 1.82) is 0 Å². The van der Waals surface area contributed by atoms with Crippen LogP contribution in [0.2, 0.25) is 5.02 Å². The van der Waals surface area contributed by atoms with Crippen LogP contribution in [0.1, 0.15) is 68.6 Å². The molecular weight excluding hydrogens is 625 g/mol. The minimum absolute atomic E-state index is 0.112. The average Bonchev–Trinajstić information content (AvgIpc) is 3.02. The Morgan fingerprint density at radius 2 is 1.69 bits per heavy atom. The highest BCUT2D eigenvalue weighted by molar-refractivity contribution is 7.92. The molecule has 2 aliphatic rings. The summed E-state index contributed by atoms with van der Waals surface area (Å²) in [7, 11) is -3.55. The number of nitrogens with zero attached hydrogens (tertiary/aromatic N) is 4. The zero-order valence-corrected chi connectivity index (χ0v) is 27.3. The van der Waals surface area contributed by atoms with E-state index in [9.17, 15) is 21.6 Å². The number of piperidine rings is 2. The normalized spacial score (nSPS) is 17.2. The maximum atomic E-state index is 13.2. The van der Waals surface area contributed by atoms with Gasteiger partial charge in [-0.25, -0.2) is 18.4 Å². The Balaban J connectivity index is 1.36. The quantitative estimate of drug-likeness (QED) is 0.234. The third kappa shape index (κ3) is 8.48. The van der Waals surface area contributed by atoms with Gasteiger partial charge in [0.1, 0.15) is 11.6 Å². The van der Waals surface area contributed by atoms with Gasteiger partial charge in [-0.05, 0) is 70.3 Å².